The summed E-state index contributed by atoms with van der Waals surface area (Å²) in [6.45, 7) is 3.99. The van der Waals surface area contributed by atoms with E-state index >= 15 is 0 Å². The fraction of sp³-hybridized carbons (Fsp3) is 0.647. The van der Waals surface area contributed by atoms with Crippen LogP contribution in [0.4, 0.5) is 0 Å². The van der Waals surface area contributed by atoms with E-state index in [1.54, 1.807) is 0 Å². The molecule has 2 unspecified atom stereocenters. The minimum absolute atomic E-state index is 0.155. The summed E-state index contributed by atoms with van der Waals surface area (Å²) in [5.41, 5.74) is 0. The molecule has 2 heterocycles. The van der Waals surface area contributed by atoms with E-state index in [-0.39, 0.29) is 6.10 Å². The van der Waals surface area contributed by atoms with Crippen molar-refractivity contribution in [3.8, 4) is 11.5 Å². The second-order valence-electron chi connectivity index (χ2n) is 6.48. The first-order valence-corrected chi connectivity index (χ1v) is 8.24. The summed E-state index contributed by atoms with van der Waals surface area (Å²) in [6.07, 6.45) is 5.48. The van der Waals surface area contributed by atoms with Crippen LogP contribution in [0.5, 0.6) is 11.5 Å². The first kappa shape index (κ1) is 13.4. The molecule has 0 radical (unpaired) electrons. The standard InChI is InChI=1S/C17H24N2O2/c1-2-6-17-16(5-1)20-12-15(21-17)11-19(14-7-8-14)10-13-4-3-9-18-13/h1-2,5-6,13-15,18H,3-4,7-12H2. The quantitative estimate of drug-likeness (QED) is 0.899. The number of nitrogens with zero attached hydrogens (tertiary/aromatic N) is 1. The molecule has 1 aromatic rings. The number of ether oxygens (including phenoxy) is 2. The van der Waals surface area contributed by atoms with Crippen molar-refractivity contribution in [2.24, 2.45) is 0 Å². The fourth-order valence-corrected chi connectivity index (χ4v) is 3.42. The Morgan fingerprint density at radius 3 is 2.71 bits per heavy atom. The van der Waals surface area contributed by atoms with Gasteiger partial charge < -0.3 is 14.8 Å². The monoisotopic (exact) mass is 288 g/mol. The van der Waals surface area contributed by atoms with Gasteiger partial charge in [-0.1, -0.05) is 12.1 Å². The molecular weight excluding hydrogens is 264 g/mol. The van der Waals surface area contributed by atoms with Crippen LogP contribution in [0.15, 0.2) is 24.3 Å². The van der Waals surface area contributed by atoms with Crippen molar-refractivity contribution >= 4 is 0 Å². The van der Waals surface area contributed by atoms with Crippen molar-refractivity contribution in [1.82, 2.24) is 10.2 Å². The summed E-state index contributed by atoms with van der Waals surface area (Å²) in [4.78, 5) is 2.62. The van der Waals surface area contributed by atoms with Crippen LogP contribution in [-0.4, -0.2) is 49.3 Å². The second-order valence-corrected chi connectivity index (χ2v) is 6.48. The van der Waals surface area contributed by atoms with Crippen molar-refractivity contribution in [3.05, 3.63) is 24.3 Å². The number of para-hydroxylation sites is 2. The van der Waals surface area contributed by atoms with Crippen LogP contribution in [0.3, 0.4) is 0 Å². The summed E-state index contributed by atoms with van der Waals surface area (Å²) in [5.74, 6) is 1.77. The highest BCUT2D eigenvalue weighted by Gasteiger charge is 2.34. The molecule has 0 bridgehead atoms. The molecule has 2 fully saturated rings. The molecule has 0 spiro atoms. The second kappa shape index (κ2) is 5.85. The number of hydrogen-bond donors (Lipinski definition) is 1. The van der Waals surface area contributed by atoms with Gasteiger partial charge in [-0.2, -0.15) is 0 Å². The Labute approximate surface area is 126 Å². The Morgan fingerprint density at radius 2 is 1.95 bits per heavy atom. The highest BCUT2D eigenvalue weighted by Crippen LogP contribution is 2.33. The normalized spacial score (nSPS) is 28.0. The highest BCUT2D eigenvalue weighted by molar-refractivity contribution is 5.40. The van der Waals surface area contributed by atoms with E-state index in [0.717, 1.165) is 30.6 Å². The average Bonchev–Trinajstić information content (AvgIpc) is 3.24. The van der Waals surface area contributed by atoms with Crippen molar-refractivity contribution in [3.63, 3.8) is 0 Å². The van der Waals surface area contributed by atoms with Gasteiger partial charge >= 0.3 is 0 Å². The lowest BCUT2D eigenvalue weighted by Gasteiger charge is -2.32. The van der Waals surface area contributed by atoms with E-state index < -0.39 is 0 Å². The molecule has 2 aliphatic heterocycles. The lowest BCUT2D eigenvalue weighted by atomic mass is 10.2. The van der Waals surface area contributed by atoms with E-state index in [1.807, 2.05) is 24.3 Å². The molecule has 1 N–H and O–H groups in total. The van der Waals surface area contributed by atoms with Crippen LogP contribution in [0, 0.1) is 0 Å². The van der Waals surface area contributed by atoms with Gasteiger partial charge in [-0.25, -0.2) is 0 Å². The number of rotatable bonds is 5. The molecule has 21 heavy (non-hydrogen) atoms. The minimum atomic E-state index is 0.155. The van der Waals surface area contributed by atoms with E-state index in [9.17, 15) is 0 Å². The van der Waals surface area contributed by atoms with Gasteiger partial charge in [0.05, 0.1) is 0 Å². The fourth-order valence-electron chi connectivity index (χ4n) is 3.42. The largest absolute Gasteiger partial charge is 0.486 e. The number of fused-ring (bicyclic) bond motifs is 1. The zero-order valence-corrected chi connectivity index (χ0v) is 12.5. The highest BCUT2D eigenvalue weighted by atomic mass is 16.6. The minimum Gasteiger partial charge on any atom is -0.486 e. The Balaban J connectivity index is 1.37. The maximum atomic E-state index is 6.12. The number of benzene rings is 1. The molecule has 1 aromatic carbocycles. The Hall–Kier alpha value is -1.26. The molecule has 4 heteroatoms. The zero-order valence-electron chi connectivity index (χ0n) is 12.5. The molecule has 4 rings (SSSR count). The SMILES string of the molecule is c1ccc2c(c1)OCC(CN(CC1CCCN1)C1CC1)O2. The van der Waals surface area contributed by atoms with Crippen molar-refractivity contribution in [1.29, 1.82) is 0 Å². The molecule has 1 saturated heterocycles. The maximum Gasteiger partial charge on any atom is 0.161 e. The molecule has 114 valence electrons. The topological polar surface area (TPSA) is 33.7 Å². The summed E-state index contributed by atoms with van der Waals surface area (Å²) >= 11 is 0. The van der Waals surface area contributed by atoms with Gasteiger partial charge in [-0.15, -0.1) is 0 Å². The molecule has 0 aromatic heterocycles. The van der Waals surface area contributed by atoms with Gasteiger partial charge in [0.15, 0.2) is 11.5 Å². The predicted molar refractivity (Wildman–Crippen MR) is 82.0 cm³/mol. The van der Waals surface area contributed by atoms with Crippen LogP contribution in [0.2, 0.25) is 0 Å². The lowest BCUT2D eigenvalue weighted by Crippen LogP contribution is -2.46. The Bertz CT molecular complexity index is 483. The van der Waals surface area contributed by atoms with Crippen LogP contribution in [-0.2, 0) is 0 Å². The number of nitrogens with one attached hydrogen (secondary N) is 1. The van der Waals surface area contributed by atoms with Crippen LogP contribution < -0.4 is 14.8 Å². The van der Waals surface area contributed by atoms with Crippen LogP contribution in [0.25, 0.3) is 0 Å². The summed E-state index contributed by atoms with van der Waals surface area (Å²) in [6, 6.07) is 9.42. The van der Waals surface area contributed by atoms with E-state index in [0.29, 0.717) is 12.6 Å². The first-order valence-electron chi connectivity index (χ1n) is 8.24. The predicted octanol–water partition coefficient (Wildman–Crippen LogP) is 2.04. The third kappa shape index (κ3) is 3.16. The first-order chi connectivity index (χ1) is 10.4. The van der Waals surface area contributed by atoms with Gasteiger partial charge in [-0.3, -0.25) is 4.90 Å². The molecule has 4 nitrogen and oxygen atoms in total. The van der Waals surface area contributed by atoms with E-state index in [2.05, 4.69) is 10.2 Å². The Kier molecular flexibility index (Phi) is 3.74. The van der Waals surface area contributed by atoms with Gasteiger partial charge in [0.2, 0.25) is 0 Å². The molecule has 1 saturated carbocycles. The molecule has 0 amide bonds. The Morgan fingerprint density at radius 1 is 1.10 bits per heavy atom. The van der Waals surface area contributed by atoms with Crippen LogP contribution >= 0.6 is 0 Å². The summed E-state index contributed by atoms with van der Waals surface area (Å²) in [7, 11) is 0. The molecule has 2 atom stereocenters. The average molecular weight is 288 g/mol. The summed E-state index contributed by atoms with van der Waals surface area (Å²) in [5, 5.41) is 3.61. The zero-order chi connectivity index (χ0) is 14.1. The van der Waals surface area contributed by atoms with E-state index in [1.165, 1.54) is 32.2 Å². The molecular formula is C17H24N2O2. The van der Waals surface area contributed by atoms with E-state index in [4.69, 9.17) is 9.47 Å². The van der Waals surface area contributed by atoms with Gasteiger partial charge in [0.25, 0.3) is 0 Å². The van der Waals surface area contributed by atoms with Gasteiger partial charge in [-0.05, 0) is 44.4 Å². The van der Waals surface area contributed by atoms with Crippen molar-refractivity contribution < 1.29 is 9.47 Å². The van der Waals surface area contributed by atoms with Crippen molar-refractivity contribution in [2.45, 2.75) is 43.9 Å². The number of hydrogen-bond acceptors (Lipinski definition) is 4. The molecule has 3 aliphatic rings. The third-order valence-electron chi connectivity index (χ3n) is 4.69. The van der Waals surface area contributed by atoms with Gasteiger partial charge in [0.1, 0.15) is 12.7 Å². The maximum absolute atomic E-state index is 6.12. The van der Waals surface area contributed by atoms with Crippen molar-refractivity contribution in [2.75, 3.05) is 26.2 Å². The lowest BCUT2D eigenvalue weighted by molar-refractivity contribution is 0.0539. The third-order valence-corrected chi connectivity index (χ3v) is 4.69. The summed E-state index contributed by atoms with van der Waals surface area (Å²) < 4.78 is 12.0. The van der Waals surface area contributed by atoms with Crippen LogP contribution in [0.1, 0.15) is 25.7 Å². The smallest absolute Gasteiger partial charge is 0.161 e. The molecule has 1 aliphatic carbocycles. The van der Waals surface area contributed by atoms with Gasteiger partial charge in [0, 0.05) is 25.2 Å².